The lowest BCUT2D eigenvalue weighted by Gasteiger charge is -2.16. The highest BCUT2D eigenvalue weighted by atomic mass is 16.4. The van der Waals surface area contributed by atoms with Crippen molar-refractivity contribution in [3.63, 3.8) is 0 Å². The minimum Gasteiger partial charge on any atom is -0.480 e. The van der Waals surface area contributed by atoms with Crippen LogP contribution in [-0.4, -0.2) is 34.6 Å². The summed E-state index contributed by atoms with van der Waals surface area (Å²) < 4.78 is 0. The van der Waals surface area contributed by atoms with E-state index in [2.05, 4.69) is 15.8 Å². The molecule has 1 rings (SSSR count). The lowest BCUT2D eigenvalue weighted by atomic mass is 10.1. The largest absolute Gasteiger partial charge is 0.480 e. The number of carboxylic acid groups (broad SMARTS) is 1. The first-order valence-electron chi connectivity index (χ1n) is 5.43. The third-order valence-electron chi connectivity index (χ3n) is 2.35. The molecule has 0 aromatic carbocycles. The Labute approximate surface area is 98.3 Å². The fraction of sp³-hybridized carbons (Fsp3) is 0.600. The summed E-state index contributed by atoms with van der Waals surface area (Å²) in [4.78, 5) is 33.3. The Morgan fingerprint density at radius 2 is 2.24 bits per heavy atom. The Kier molecular flexibility index (Phi) is 4.62. The van der Waals surface area contributed by atoms with E-state index in [0.29, 0.717) is 12.8 Å². The Bertz CT molecular complexity index is 365. The highest BCUT2D eigenvalue weighted by molar-refractivity contribution is 6.39. The van der Waals surface area contributed by atoms with Gasteiger partial charge in [-0.1, -0.05) is 13.3 Å². The molecular formula is C10H15N3O4. The Hall–Kier alpha value is -1.92. The first kappa shape index (κ1) is 13.1. The van der Waals surface area contributed by atoms with E-state index in [9.17, 15) is 14.4 Å². The predicted molar refractivity (Wildman–Crippen MR) is 59.3 cm³/mol. The molecule has 0 aromatic rings. The molecule has 0 fully saturated rings. The molecule has 0 saturated heterocycles. The molecule has 7 nitrogen and oxygen atoms in total. The predicted octanol–water partition coefficient (Wildman–Crippen LogP) is -0.378. The smallest absolute Gasteiger partial charge is 0.326 e. The second-order valence-corrected chi connectivity index (χ2v) is 3.75. The molecule has 94 valence electrons. The molecule has 1 atom stereocenters. The standard InChI is InChI=1S/C10H15N3O4/c1-2-3-7(10(16)17)11-9(15)6-4-5-8(14)13-12-6/h7H,2-5H2,1H3,(H,11,15)(H,13,14)(H,16,17)/t7-/m1/s1. The van der Waals surface area contributed by atoms with Crippen LogP contribution in [0, 0.1) is 0 Å². The molecule has 3 N–H and O–H groups in total. The van der Waals surface area contributed by atoms with E-state index in [1.807, 2.05) is 6.92 Å². The van der Waals surface area contributed by atoms with Crippen molar-refractivity contribution < 1.29 is 19.5 Å². The van der Waals surface area contributed by atoms with E-state index in [1.54, 1.807) is 0 Å². The maximum atomic E-state index is 11.6. The Morgan fingerprint density at radius 3 is 2.71 bits per heavy atom. The first-order valence-corrected chi connectivity index (χ1v) is 5.43. The minimum absolute atomic E-state index is 0.159. The van der Waals surface area contributed by atoms with Crippen molar-refractivity contribution in [3.8, 4) is 0 Å². The van der Waals surface area contributed by atoms with Gasteiger partial charge in [-0.25, -0.2) is 10.2 Å². The van der Waals surface area contributed by atoms with E-state index in [1.165, 1.54) is 0 Å². The molecule has 0 unspecified atom stereocenters. The van der Waals surface area contributed by atoms with Crippen molar-refractivity contribution >= 4 is 23.5 Å². The molecule has 2 amide bonds. The Morgan fingerprint density at radius 1 is 1.53 bits per heavy atom. The molecule has 1 heterocycles. The van der Waals surface area contributed by atoms with Crippen LogP contribution in [0.3, 0.4) is 0 Å². The second-order valence-electron chi connectivity index (χ2n) is 3.75. The topological polar surface area (TPSA) is 108 Å². The maximum Gasteiger partial charge on any atom is 0.326 e. The van der Waals surface area contributed by atoms with Gasteiger partial charge in [-0.15, -0.1) is 0 Å². The number of hydrogen-bond acceptors (Lipinski definition) is 4. The van der Waals surface area contributed by atoms with Gasteiger partial charge in [0.1, 0.15) is 11.8 Å². The van der Waals surface area contributed by atoms with Crippen molar-refractivity contribution in [2.24, 2.45) is 5.10 Å². The van der Waals surface area contributed by atoms with E-state index in [4.69, 9.17) is 5.11 Å². The van der Waals surface area contributed by atoms with E-state index in [-0.39, 0.29) is 24.5 Å². The van der Waals surface area contributed by atoms with E-state index in [0.717, 1.165) is 0 Å². The van der Waals surface area contributed by atoms with E-state index >= 15 is 0 Å². The van der Waals surface area contributed by atoms with Crippen molar-refractivity contribution in [2.45, 2.75) is 38.6 Å². The second kappa shape index (κ2) is 5.97. The van der Waals surface area contributed by atoms with Gasteiger partial charge in [-0.3, -0.25) is 9.59 Å². The lowest BCUT2D eigenvalue weighted by molar-refractivity contribution is -0.141. The minimum atomic E-state index is -1.07. The molecule has 7 heteroatoms. The van der Waals surface area contributed by atoms with Crippen LogP contribution in [0.2, 0.25) is 0 Å². The van der Waals surface area contributed by atoms with Crippen LogP contribution in [0.25, 0.3) is 0 Å². The third kappa shape index (κ3) is 3.86. The summed E-state index contributed by atoms with van der Waals surface area (Å²) in [6, 6.07) is -0.909. The summed E-state index contributed by atoms with van der Waals surface area (Å²) in [5.41, 5.74) is 2.35. The van der Waals surface area contributed by atoms with Crippen LogP contribution < -0.4 is 10.7 Å². The van der Waals surface area contributed by atoms with Gasteiger partial charge < -0.3 is 10.4 Å². The zero-order valence-electron chi connectivity index (χ0n) is 9.52. The molecule has 0 saturated carbocycles. The number of amides is 2. The van der Waals surface area contributed by atoms with Gasteiger partial charge >= 0.3 is 5.97 Å². The van der Waals surface area contributed by atoms with Gasteiger partial charge in [0.05, 0.1) is 0 Å². The van der Waals surface area contributed by atoms with Crippen LogP contribution in [0.4, 0.5) is 0 Å². The molecule has 0 radical (unpaired) electrons. The van der Waals surface area contributed by atoms with Crippen molar-refractivity contribution in [3.05, 3.63) is 0 Å². The van der Waals surface area contributed by atoms with Gasteiger partial charge in [0.15, 0.2) is 0 Å². The van der Waals surface area contributed by atoms with Crippen LogP contribution in [-0.2, 0) is 14.4 Å². The van der Waals surface area contributed by atoms with Crippen LogP contribution >= 0.6 is 0 Å². The Balaban J connectivity index is 2.58. The normalized spacial score (nSPS) is 16.8. The molecule has 0 spiro atoms. The fourth-order valence-electron chi connectivity index (χ4n) is 1.43. The average Bonchev–Trinajstić information content (AvgIpc) is 2.29. The number of hydrogen-bond donors (Lipinski definition) is 3. The first-order chi connectivity index (χ1) is 8.04. The lowest BCUT2D eigenvalue weighted by Crippen LogP contribution is -2.45. The SMILES string of the molecule is CCC[C@@H](NC(=O)C1=NNC(=O)CC1)C(=O)O. The molecule has 0 aromatic heterocycles. The van der Waals surface area contributed by atoms with Crippen molar-refractivity contribution in [2.75, 3.05) is 0 Å². The number of carbonyl (C=O) groups is 3. The molecular weight excluding hydrogens is 226 g/mol. The summed E-state index contributed by atoms with van der Waals surface area (Å²) in [6.07, 6.45) is 1.44. The molecule has 1 aliphatic heterocycles. The number of hydrazone groups is 1. The number of nitrogens with one attached hydrogen (secondary N) is 2. The van der Waals surface area contributed by atoms with Gasteiger partial charge in [-0.05, 0) is 6.42 Å². The van der Waals surface area contributed by atoms with Crippen LogP contribution in [0.15, 0.2) is 5.10 Å². The quantitative estimate of drug-likeness (QED) is 0.609. The van der Waals surface area contributed by atoms with Gasteiger partial charge in [0, 0.05) is 12.8 Å². The van der Waals surface area contributed by atoms with E-state index < -0.39 is 17.9 Å². The molecule has 0 bridgehead atoms. The number of nitrogens with zero attached hydrogens (tertiary/aromatic N) is 1. The molecule has 17 heavy (non-hydrogen) atoms. The average molecular weight is 241 g/mol. The van der Waals surface area contributed by atoms with Crippen molar-refractivity contribution in [1.29, 1.82) is 0 Å². The summed E-state index contributed by atoms with van der Waals surface area (Å²) in [6.45, 7) is 1.83. The molecule has 0 aliphatic carbocycles. The summed E-state index contributed by atoms with van der Waals surface area (Å²) >= 11 is 0. The monoisotopic (exact) mass is 241 g/mol. The highest BCUT2D eigenvalue weighted by Gasteiger charge is 2.23. The van der Waals surface area contributed by atoms with Crippen LogP contribution in [0.1, 0.15) is 32.6 Å². The van der Waals surface area contributed by atoms with Gasteiger partial charge in [0.25, 0.3) is 5.91 Å². The highest BCUT2D eigenvalue weighted by Crippen LogP contribution is 2.02. The fourth-order valence-corrected chi connectivity index (χ4v) is 1.43. The van der Waals surface area contributed by atoms with Gasteiger partial charge in [-0.2, -0.15) is 5.10 Å². The third-order valence-corrected chi connectivity index (χ3v) is 2.35. The zero-order valence-corrected chi connectivity index (χ0v) is 9.52. The number of carbonyl (C=O) groups excluding carboxylic acids is 2. The maximum absolute atomic E-state index is 11.6. The summed E-state index contributed by atoms with van der Waals surface area (Å²) in [5, 5.41) is 14.8. The number of rotatable bonds is 5. The number of carboxylic acids is 1. The molecule has 1 aliphatic rings. The summed E-state index contributed by atoms with van der Waals surface area (Å²) in [5.74, 6) is -1.85. The summed E-state index contributed by atoms with van der Waals surface area (Å²) in [7, 11) is 0. The zero-order chi connectivity index (χ0) is 12.8. The number of aliphatic carboxylic acids is 1. The van der Waals surface area contributed by atoms with Crippen LogP contribution in [0.5, 0.6) is 0 Å². The van der Waals surface area contributed by atoms with Crippen molar-refractivity contribution in [1.82, 2.24) is 10.7 Å². The van der Waals surface area contributed by atoms with Gasteiger partial charge in [0.2, 0.25) is 5.91 Å².